The molecule has 0 saturated heterocycles. The molecular weight excluding hydrogens is 448 g/mol. The van der Waals surface area contributed by atoms with E-state index < -0.39 is 5.91 Å². The molecule has 2 N–H and O–H groups in total. The van der Waals surface area contributed by atoms with Crippen molar-refractivity contribution >= 4 is 33.6 Å². The van der Waals surface area contributed by atoms with Gasteiger partial charge in [0.15, 0.2) is 17.2 Å². The van der Waals surface area contributed by atoms with Gasteiger partial charge in [-0.1, -0.05) is 30.3 Å². The molecule has 0 aliphatic rings. The number of phenols is 1. The molecule has 0 heterocycles. The van der Waals surface area contributed by atoms with Gasteiger partial charge in [-0.25, -0.2) is 0 Å². The predicted octanol–water partition coefficient (Wildman–Crippen LogP) is 5.50. The molecule has 0 aromatic heterocycles. The molecule has 0 fully saturated rings. The lowest BCUT2D eigenvalue weighted by Crippen LogP contribution is -2.14. The Morgan fingerprint density at radius 1 is 1.10 bits per heavy atom. The number of ether oxygens (including phenoxy) is 2. The molecular formula is C23H17BrN2O4. The molecule has 0 unspecified atom stereocenters. The van der Waals surface area contributed by atoms with E-state index in [2.05, 4.69) is 21.2 Å². The van der Waals surface area contributed by atoms with Gasteiger partial charge in [0.1, 0.15) is 17.4 Å². The smallest absolute Gasteiger partial charge is 0.266 e. The van der Waals surface area contributed by atoms with Crippen LogP contribution in [0.1, 0.15) is 5.56 Å². The molecule has 0 aliphatic heterocycles. The number of para-hydroxylation sites is 3. The summed E-state index contributed by atoms with van der Waals surface area (Å²) in [6.45, 7) is 0. The number of hydrogen-bond acceptors (Lipinski definition) is 5. The van der Waals surface area contributed by atoms with E-state index in [1.807, 2.05) is 24.3 Å². The second kappa shape index (κ2) is 9.63. The third kappa shape index (κ3) is 4.99. The van der Waals surface area contributed by atoms with E-state index in [0.29, 0.717) is 27.2 Å². The Hall–Kier alpha value is -3.76. The van der Waals surface area contributed by atoms with E-state index in [0.717, 1.165) is 0 Å². The average Bonchev–Trinajstić information content (AvgIpc) is 2.76. The Morgan fingerprint density at radius 2 is 1.80 bits per heavy atom. The molecule has 150 valence electrons. The zero-order chi connectivity index (χ0) is 21.5. The lowest BCUT2D eigenvalue weighted by molar-refractivity contribution is -0.112. The molecule has 30 heavy (non-hydrogen) atoms. The highest BCUT2D eigenvalue weighted by Crippen LogP contribution is 2.36. The Morgan fingerprint density at radius 3 is 2.50 bits per heavy atom. The van der Waals surface area contributed by atoms with Gasteiger partial charge in [0.05, 0.1) is 17.3 Å². The van der Waals surface area contributed by atoms with Gasteiger partial charge in [0, 0.05) is 0 Å². The number of nitrogens with one attached hydrogen (secondary N) is 1. The highest BCUT2D eigenvalue weighted by atomic mass is 79.9. The molecule has 1 amide bonds. The van der Waals surface area contributed by atoms with E-state index in [-0.39, 0.29) is 17.1 Å². The van der Waals surface area contributed by atoms with Crippen LogP contribution in [0.4, 0.5) is 5.69 Å². The summed E-state index contributed by atoms with van der Waals surface area (Å²) in [7, 11) is 1.41. The van der Waals surface area contributed by atoms with Gasteiger partial charge in [0.2, 0.25) is 0 Å². The lowest BCUT2D eigenvalue weighted by Gasteiger charge is -2.12. The van der Waals surface area contributed by atoms with Crippen LogP contribution >= 0.6 is 15.9 Å². The second-order valence-corrected chi connectivity index (χ2v) is 6.94. The monoisotopic (exact) mass is 464 g/mol. The topological polar surface area (TPSA) is 91.6 Å². The molecule has 3 aromatic carbocycles. The predicted molar refractivity (Wildman–Crippen MR) is 118 cm³/mol. The molecule has 0 radical (unpaired) electrons. The number of phenolic OH excluding ortho intramolecular Hbond substituents is 1. The Bertz CT molecular complexity index is 1140. The van der Waals surface area contributed by atoms with Crippen LogP contribution in [-0.4, -0.2) is 18.1 Å². The van der Waals surface area contributed by atoms with Crippen LogP contribution in [0, 0.1) is 11.3 Å². The van der Waals surface area contributed by atoms with Gasteiger partial charge in [-0.2, -0.15) is 5.26 Å². The Balaban J connectivity index is 1.86. The Kier molecular flexibility index (Phi) is 6.73. The molecule has 0 spiro atoms. The van der Waals surface area contributed by atoms with Gasteiger partial charge in [-0.05, 0) is 64.0 Å². The quantitative estimate of drug-likeness (QED) is 0.371. The van der Waals surface area contributed by atoms with Crippen LogP contribution < -0.4 is 14.8 Å². The molecule has 0 atom stereocenters. The molecule has 0 saturated carbocycles. The van der Waals surface area contributed by atoms with E-state index in [4.69, 9.17) is 9.47 Å². The van der Waals surface area contributed by atoms with Crippen molar-refractivity contribution < 1.29 is 19.4 Å². The summed E-state index contributed by atoms with van der Waals surface area (Å²) in [5.74, 6) is 0.629. The third-order valence-electron chi connectivity index (χ3n) is 4.05. The lowest BCUT2D eigenvalue weighted by atomic mass is 10.1. The number of rotatable bonds is 6. The molecule has 3 aromatic rings. The van der Waals surface area contributed by atoms with E-state index >= 15 is 0 Å². The molecule has 3 rings (SSSR count). The largest absolute Gasteiger partial charge is 0.503 e. The first kappa shape index (κ1) is 21.0. The maximum atomic E-state index is 12.7. The van der Waals surface area contributed by atoms with Crippen molar-refractivity contribution in [2.45, 2.75) is 0 Å². The van der Waals surface area contributed by atoms with Crippen molar-refractivity contribution in [1.82, 2.24) is 0 Å². The third-order valence-corrected chi connectivity index (χ3v) is 4.66. The maximum Gasteiger partial charge on any atom is 0.266 e. The number of halogens is 1. The number of nitrogens with zero attached hydrogens (tertiary/aromatic N) is 1. The van der Waals surface area contributed by atoms with Crippen LogP contribution in [-0.2, 0) is 4.79 Å². The summed E-state index contributed by atoms with van der Waals surface area (Å²) in [4.78, 5) is 12.7. The summed E-state index contributed by atoms with van der Waals surface area (Å²) in [6, 6.07) is 21.1. The minimum atomic E-state index is -0.593. The van der Waals surface area contributed by atoms with Crippen LogP contribution in [0.15, 0.2) is 76.8 Å². The minimum absolute atomic E-state index is 0.0652. The van der Waals surface area contributed by atoms with Crippen molar-refractivity contribution in [2.24, 2.45) is 0 Å². The fourth-order valence-corrected chi connectivity index (χ4v) is 3.07. The number of nitriles is 1. The second-order valence-electron chi connectivity index (χ2n) is 6.09. The number of methoxy groups -OCH3 is 1. The van der Waals surface area contributed by atoms with Crippen molar-refractivity contribution in [3.8, 4) is 29.1 Å². The molecule has 0 aliphatic carbocycles. The van der Waals surface area contributed by atoms with Crippen LogP contribution in [0.3, 0.4) is 0 Å². The summed E-state index contributed by atoms with van der Waals surface area (Å²) in [5, 5.41) is 22.1. The highest BCUT2D eigenvalue weighted by molar-refractivity contribution is 9.10. The van der Waals surface area contributed by atoms with Crippen molar-refractivity contribution in [1.29, 1.82) is 5.26 Å². The van der Waals surface area contributed by atoms with Crippen LogP contribution in [0.5, 0.6) is 23.0 Å². The number of benzene rings is 3. The minimum Gasteiger partial charge on any atom is -0.503 e. The first-order valence-corrected chi connectivity index (χ1v) is 9.62. The van der Waals surface area contributed by atoms with E-state index in [9.17, 15) is 15.2 Å². The molecule has 6 nitrogen and oxygen atoms in total. The number of hydrogen-bond donors (Lipinski definition) is 2. The zero-order valence-electron chi connectivity index (χ0n) is 15.9. The number of anilines is 1. The van der Waals surface area contributed by atoms with Crippen molar-refractivity contribution in [2.75, 3.05) is 12.4 Å². The SMILES string of the molecule is COc1cc(C=C(C#N)C(=O)Nc2ccccc2Oc2ccccc2)cc(Br)c1O. The first-order valence-electron chi connectivity index (χ1n) is 8.83. The van der Waals surface area contributed by atoms with Gasteiger partial charge in [0.25, 0.3) is 5.91 Å². The van der Waals surface area contributed by atoms with Crippen LogP contribution in [0.25, 0.3) is 6.08 Å². The van der Waals surface area contributed by atoms with Crippen molar-refractivity contribution in [3.05, 3.63) is 82.3 Å². The molecule has 0 bridgehead atoms. The van der Waals surface area contributed by atoms with E-state index in [1.54, 1.807) is 42.5 Å². The molecule has 7 heteroatoms. The summed E-state index contributed by atoms with van der Waals surface area (Å²) in [6.07, 6.45) is 1.41. The number of aromatic hydroxyl groups is 1. The van der Waals surface area contributed by atoms with Gasteiger partial charge >= 0.3 is 0 Å². The fraction of sp³-hybridized carbons (Fsp3) is 0.0435. The maximum absolute atomic E-state index is 12.7. The standard InChI is InChI=1S/C23H17BrN2O4/c1-29-21-13-15(12-18(24)22(21)27)11-16(14-25)23(28)26-19-9-5-6-10-20(19)30-17-7-3-2-4-8-17/h2-13,27H,1H3,(H,26,28). The van der Waals surface area contributed by atoms with Gasteiger partial charge in [-0.3, -0.25) is 4.79 Å². The number of amides is 1. The fourth-order valence-electron chi connectivity index (χ4n) is 2.61. The number of carbonyl (C=O) groups is 1. The van der Waals surface area contributed by atoms with Crippen molar-refractivity contribution in [3.63, 3.8) is 0 Å². The summed E-state index contributed by atoms with van der Waals surface area (Å²) in [5.41, 5.74) is 0.818. The zero-order valence-corrected chi connectivity index (χ0v) is 17.5. The average molecular weight is 465 g/mol. The summed E-state index contributed by atoms with van der Waals surface area (Å²) >= 11 is 3.22. The summed E-state index contributed by atoms with van der Waals surface area (Å²) < 4.78 is 11.3. The van der Waals surface area contributed by atoms with Gasteiger partial charge < -0.3 is 19.9 Å². The van der Waals surface area contributed by atoms with Gasteiger partial charge in [-0.15, -0.1) is 0 Å². The van der Waals surface area contributed by atoms with E-state index in [1.165, 1.54) is 19.3 Å². The normalized spacial score (nSPS) is 10.8. The first-order chi connectivity index (χ1) is 14.5. The highest BCUT2D eigenvalue weighted by Gasteiger charge is 2.14. The van der Waals surface area contributed by atoms with Crippen LogP contribution in [0.2, 0.25) is 0 Å². The Labute approximate surface area is 182 Å². The number of carbonyl (C=O) groups excluding carboxylic acids is 1.